The predicted octanol–water partition coefficient (Wildman–Crippen LogP) is 3.49. The van der Waals surface area contributed by atoms with Gasteiger partial charge in [0.25, 0.3) is 0 Å². The van der Waals surface area contributed by atoms with Crippen LogP contribution in [0.5, 0.6) is 0 Å². The molecule has 0 aliphatic rings. The molecule has 0 amide bonds. The second-order valence-corrected chi connectivity index (χ2v) is 3.34. The standard InChI is InChI=1S/C10H15N.C2H6/c1-8(2)6-9-4-3-5-10(11)7-9;1-2/h3-5,7-8H,6,11H2,1-2H3;1-2H3. The molecule has 0 aromatic heterocycles. The average molecular weight is 179 g/mol. The summed E-state index contributed by atoms with van der Waals surface area (Å²) in [6.45, 7) is 8.42. The Balaban J connectivity index is 0.000000671. The highest BCUT2D eigenvalue weighted by molar-refractivity contribution is 5.40. The SMILES string of the molecule is CC.CC(C)Cc1cccc(N)c1. The van der Waals surface area contributed by atoms with Crippen LogP contribution in [0.4, 0.5) is 5.69 Å². The van der Waals surface area contributed by atoms with Crippen molar-refractivity contribution in [2.45, 2.75) is 34.1 Å². The highest BCUT2D eigenvalue weighted by atomic mass is 14.5. The van der Waals surface area contributed by atoms with E-state index >= 15 is 0 Å². The highest BCUT2D eigenvalue weighted by Crippen LogP contribution is 2.10. The van der Waals surface area contributed by atoms with Gasteiger partial charge in [-0.05, 0) is 30.0 Å². The molecular formula is C12H21N. The van der Waals surface area contributed by atoms with Crippen LogP contribution < -0.4 is 5.73 Å². The second-order valence-electron chi connectivity index (χ2n) is 3.34. The molecular weight excluding hydrogens is 158 g/mol. The molecule has 13 heavy (non-hydrogen) atoms. The maximum atomic E-state index is 5.63. The van der Waals surface area contributed by atoms with E-state index in [2.05, 4.69) is 19.9 Å². The summed E-state index contributed by atoms with van der Waals surface area (Å²) in [5.41, 5.74) is 7.83. The van der Waals surface area contributed by atoms with Crippen molar-refractivity contribution >= 4 is 5.69 Å². The third-order valence-electron chi connectivity index (χ3n) is 1.59. The molecule has 0 bridgehead atoms. The van der Waals surface area contributed by atoms with E-state index in [4.69, 9.17) is 5.73 Å². The summed E-state index contributed by atoms with van der Waals surface area (Å²) in [5, 5.41) is 0. The molecule has 0 radical (unpaired) electrons. The van der Waals surface area contributed by atoms with Crippen LogP contribution in [0.3, 0.4) is 0 Å². The minimum atomic E-state index is 0.705. The minimum Gasteiger partial charge on any atom is -0.399 e. The van der Waals surface area contributed by atoms with Crippen molar-refractivity contribution in [3.05, 3.63) is 29.8 Å². The van der Waals surface area contributed by atoms with Gasteiger partial charge in [-0.1, -0.05) is 39.8 Å². The summed E-state index contributed by atoms with van der Waals surface area (Å²) in [7, 11) is 0. The summed E-state index contributed by atoms with van der Waals surface area (Å²) in [6, 6.07) is 8.09. The Morgan fingerprint density at radius 3 is 2.31 bits per heavy atom. The van der Waals surface area contributed by atoms with Crippen LogP contribution in [0.25, 0.3) is 0 Å². The molecule has 0 unspecified atom stereocenters. The topological polar surface area (TPSA) is 26.0 Å². The van der Waals surface area contributed by atoms with Crippen LogP contribution in [-0.4, -0.2) is 0 Å². The van der Waals surface area contributed by atoms with Gasteiger partial charge in [0.2, 0.25) is 0 Å². The Labute approximate surface area is 82.0 Å². The number of nitrogens with two attached hydrogens (primary N) is 1. The zero-order chi connectivity index (χ0) is 10.3. The summed E-state index contributed by atoms with van der Waals surface area (Å²) in [5.74, 6) is 0.705. The molecule has 0 heterocycles. The fourth-order valence-corrected chi connectivity index (χ4v) is 1.19. The first kappa shape index (κ1) is 12.0. The Bertz CT molecular complexity index is 228. The average Bonchev–Trinajstić information content (AvgIpc) is 2.06. The third kappa shape index (κ3) is 5.29. The zero-order valence-electron chi connectivity index (χ0n) is 9.17. The lowest BCUT2D eigenvalue weighted by atomic mass is 10.0. The zero-order valence-corrected chi connectivity index (χ0v) is 9.17. The number of hydrogen-bond acceptors (Lipinski definition) is 1. The predicted molar refractivity (Wildman–Crippen MR) is 60.7 cm³/mol. The molecule has 1 aromatic rings. The highest BCUT2D eigenvalue weighted by Gasteiger charge is 1.96. The fourth-order valence-electron chi connectivity index (χ4n) is 1.19. The van der Waals surface area contributed by atoms with Crippen LogP contribution in [-0.2, 0) is 6.42 Å². The van der Waals surface area contributed by atoms with Gasteiger partial charge in [-0.15, -0.1) is 0 Å². The first-order valence-corrected chi connectivity index (χ1v) is 5.03. The van der Waals surface area contributed by atoms with Crippen molar-refractivity contribution in [3.8, 4) is 0 Å². The van der Waals surface area contributed by atoms with Gasteiger partial charge in [-0.2, -0.15) is 0 Å². The van der Waals surface area contributed by atoms with Gasteiger partial charge in [0, 0.05) is 5.69 Å². The Kier molecular flexibility index (Phi) is 6.03. The molecule has 0 atom stereocenters. The minimum absolute atomic E-state index is 0.705. The smallest absolute Gasteiger partial charge is 0.0316 e. The van der Waals surface area contributed by atoms with E-state index in [0.717, 1.165) is 12.1 Å². The van der Waals surface area contributed by atoms with Crippen LogP contribution in [0.15, 0.2) is 24.3 Å². The Morgan fingerprint density at radius 1 is 1.23 bits per heavy atom. The van der Waals surface area contributed by atoms with Gasteiger partial charge in [0.05, 0.1) is 0 Å². The van der Waals surface area contributed by atoms with Crippen molar-refractivity contribution in [2.75, 3.05) is 5.73 Å². The molecule has 1 nitrogen and oxygen atoms in total. The summed E-state index contributed by atoms with van der Waals surface area (Å²) in [4.78, 5) is 0. The third-order valence-corrected chi connectivity index (χ3v) is 1.59. The van der Waals surface area contributed by atoms with Crippen molar-refractivity contribution in [1.29, 1.82) is 0 Å². The maximum Gasteiger partial charge on any atom is 0.0316 e. The molecule has 0 saturated heterocycles. The van der Waals surface area contributed by atoms with Crippen LogP contribution in [0.2, 0.25) is 0 Å². The van der Waals surface area contributed by atoms with Gasteiger partial charge < -0.3 is 5.73 Å². The number of anilines is 1. The molecule has 0 fully saturated rings. The van der Waals surface area contributed by atoms with E-state index in [1.54, 1.807) is 0 Å². The molecule has 74 valence electrons. The largest absolute Gasteiger partial charge is 0.399 e. The van der Waals surface area contributed by atoms with Gasteiger partial charge in [0.1, 0.15) is 0 Å². The normalized spacial score (nSPS) is 9.31. The maximum absolute atomic E-state index is 5.63. The first-order chi connectivity index (χ1) is 6.18. The summed E-state index contributed by atoms with van der Waals surface area (Å²) < 4.78 is 0. The van der Waals surface area contributed by atoms with Gasteiger partial charge in [0.15, 0.2) is 0 Å². The summed E-state index contributed by atoms with van der Waals surface area (Å²) >= 11 is 0. The van der Waals surface area contributed by atoms with Crippen LogP contribution in [0.1, 0.15) is 33.3 Å². The second kappa shape index (κ2) is 6.53. The van der Waals surface area contributed by atoms with E-state index < -0.39 is 0 Å². The number of nitrogen functional groups attached to an aromatic ring is 1. The molecule has 0 saturated carbocycles. The van der Waals surface area contributed by atoms with Crippen molar-refractivity contribution in [3.63, 3.8) is 0 Å². The van der Waals surface area contributed by atoms with Crippen molar-refractivity contribution in [1.82, 2.24) is 0 Å². The van der Waals surface area contributed by atoms with Crippen molar-refractivity contribution in [2.24, 2.45) is 5.92 Å². The van der Waals surface area contributed by atoms with Gasteiger partial charge in [-0.3, -0.25) is 0 Å². The van der Waals surface area contributed by atoms with E-state index in [1.807, 2.05) is 32.0 Å². The quantitative estimate of drug-likeness (QED) is 0.691. The monoisotopic (exact) mass is 179 g/mol. The number of benzene rings is 1. The van der Waals surface area contributed by atoms with E-state index in [0.29, 0.717) is 5.92 Å². The Morgan fingerprint density at radius 2 is 1.85 bits per heavy atom. The lowest BCUT2D eigenvalue weighted by Crippen LogP contribution is -1.94. The number of hydrogen-bond donors (Lipinski definition) is 1. The van der Waals surface area contributed by atoms with E-state index in [9.17, 15) is 0 Å². The lowest BCUT2D eigenvalue weighted by molar-refractivity contribution is 0.647. The first-order valence-electron chi connectivity index (χ1n) is 5.03. The molecule has 0 spiro atoms. The van der Waals surface area contributed by atoms with Gasteiger partial charge in [-0.25, -0.2) is 0 Å². The molecule has 1 heteroatoms. The van der Waals surface area contributed by atoms with Crippen molar-refractivity contribution < 1.29 is 0 Å². The van der Waals surface area contributed by atoms with Crippen LogP contribution >= 0.6 is 0 Å². The van der Waals surface area contributed by atoms with E-state index in [1.165, 1.54) is 5.56 Å². The molecule has 0 aliphatic carbocycles. The lowest BCUT2D eigenvalue weighted by Gasteiger charge is -2.04. The summed E-state index contributed by atoms with van der Waals surface area (Å²) in [6.07, 6.45) is 1.12. The molecule has 1 aromatic carbocycles. The van der Waals surface area contributed by atoms with Crippen LogP contribution in [0, 0.1) is 5.92 Å². The number of rotatable bonds is 2. The molecule has 2 N–H and O–H groups in total. The Hall–Kier alpha value is -0.980. The molecule has 1 rings (SSSR count). The fraction of sp³-hybridized carbons (Fsp3) is 0.500. The van der Waals surface area contributed by atoms with E-state index in [-0.39, 0.29) is 0 Å². The van der Waals surface area contributed by atoms with Gasteiger partial charge >= 0.3 is 0 Å². The molecule has 0 aliphatic heterocycles.